The summed E-state index contributed by atoms with van der Waals surface area (Å²) in [5, 5.41) is 2.53. The lowest BCUT2D eigenvalue weighted by Gasteiger charge is -2.11. The van der Waals surface area contributed by atoms with Crippen LogP contribution in [0.2, 0.25) is 0 Å². The second kappa shape index (κ2) is 8.08. The Morgan fingerprint density at radius 2 is 2.10 bits per heavy atom. The predicted octanol–water partition coefficient (Wildman–Crippen LogP) is -0.505. The predicted molar refractivity (Wildman–Crippen MR) is 79.1 cm³/mol. The molecular formula is C13H21N3O4S. The first-order valence-electron chi connectivity index (χ1n) is 6.45. The van der Waals surface area contributed by atoms with E-state index in [-0.39, 0.29) is 18.0 Å². The van der Waals surface area contributed by atoms with Gasteiger partial charge in [-0.25, -0.2) is 13.1 Å². The molecule has 7 nitrogen and oxygen atoms in total. The molecule has 1 amide bonds. The van der Waals surface area contributed by atoms with Gasteiger partial charge in [0.25, 0.3) is 0 Å². The Morgan fingerprint density at radius 3 is 2.71 bits per heavy atom. The van der Waals surface area contributed by atoms with Gasteiger partial charge in [-0.2, -0.15) is 0 Å². The number of amides is 1. The molecule has 1 rings (SSSR count). The average Bonchev–Trinajstić information content (AvgIpc) is 2.46. The van der Waals surface area contributed by atoms with Crippen LogP contribution in [0.1, 0.15) is 11.1 Å². The van der Waals surface area contributed by atoms with Crippen LogP contribution in [-0.2, 0) is 26.1 Å². The summed E-state index contributed by atoms with van der Waals surface area (Å²) in [6.45, 7) is 2.32. The Kier molecular flexibility index (Phi) is 6.76. The van der Waals surface area contributed by atoms with Gasteiger partial charge in [0.15, 0.2) is 0 Å². The maximum absolute atomic E-state index is 12.2. The first kappa shape index (κ1) is 17.6. The van der Waals surface area contributed by atoms with E-state index in [0.717, 1.165) is 0 Å². The Bertz CT molecular complexity index is 587. The summed E-state index contributed by atoms with van der Waals surface area (Å²) in [6, 6.07) is 4.97. The lowest BCUT2D eigenvalue weighted by Crippen LogP contribution is -2.38. The normalized spacial score (nSPS) is 11.4. The summed E-state index contributed by atoms with van der Waals surface area (Å²) >= 11 is 0. The van der Waals surface area contributed by atoms with Crippen molar-refractivity contribution < 1.29 is 17.9 Å². The standard InChI is InChI=1S/C13H21N3O4S/c1-10-3-4-11(8-14)7-12(10)21(18,19)16-9-13(17)15-5-6-20-2/h3-4,7,16H,5-6,8-9,14H2,1-2H3,(H,15,17). The van der Waals surface area contributed by atoms with Crippen LogP contribution >= 0.6 is 0 Å². The van der Waals surface area contributed by atoms with Crippen molar-refractivity contribution in [3.8, 4) is 0 Å². The molecule has 0 bridgehead atoms. The van der Waals surface area contributed by atoms with E-state index >= 15 is 0 Å². The number of sulfonamides is 1. The van der Waals surface area contributed by atoms with Gasteiger partial charge in [0.05, 0.1) is 18.0 Å². The van der Waals surface area contributed by atoms with Crippen molar-refractivity contribution in [1.82, 2.24) is 10.0 Å². The van der Waals surface area contributed by atoms with Crippen molar-refractivity contribution in [3.05, 3.63) is 29.3 Å². The molecule has 8 heteroatoms. The van der Waals surface area contributed by atoms with E-state index < -0.39 is 15.9 Å². The number of benzene rings is 1. The number of hydrogen-bond donors (Lipinski definition) is 3. The molecule has 1 aromatic rings. The Morgan fingerprint density at radius 1 is 1.38 bits per heavy atom. The SMILES string of the molecule is COCCNC(=O)CNS(=O)(=O)c1cc(CN)ccc1C. The number of rotatable bonds is 8. The number of nitrogens with one attached hydrogen (secondary N) is 2. The van der Waals surface area contributed by atoms with E-state index in [1.165, 1.54) is 13.2 Å². The lowest BCUT2D eigenvalue weighted by molar-refractivity contribution is -0.120. The van der Waals surface area contributed by atoms with Crippen molar-refractivity contribution in [2.45, 2.75) is 18.4 Å². The number of carbonyl (C=O) groups excluding carboxylic acids is 1. The lowest BCUT2D eigenvalue weighted by atomic mass is 10.1. The van der Waals surface area contributed by atoms with Crippen LogP contribution in [0.5, 0.6) is 0 Å². The van der Waals surface area contributed by atoms with E-state index in [1.807, 2.05) is 0 Å². The van der Waals surface area contributed by atoms with Crippen LogP contribution in [-0.4, -0.2) is 41.1 Å². The Balaban J connectivity index is 2.71. The van der Waals surface area contributed by atoms with Crippen LogP contribution < -0.4 is 15.8 Å². The summed E-state index contributed by atoms with van der Waals surface area (Å²) in [7, 11) is -2.23. The highest BCUT2D eigenvalue weighted by molar-refractivity contribution is 7.89. The van der Waals surface area contributed by atoms with Crippen LogP contribution in [0.3, 0.4) is 0 Å². The largest absolute Gasteiger partial charge is 0.383 e. The second-order valence-corrected chi connectivity index (χ2v) is 6.21. The van der Waals surface area contributed by atoms with E-state index in [2.05, 4.69) is 10.0 Å². The van der Waals surface area contributed by atoms with Crippen LogP contribution in [0.25, 0.3) is 0 Å². The fourth-order valence-corrected chi connectivity index (χ4v) is 2.93. The number of methoxy groups -OCH3 is 1. The van der Waals surface area contributed by atoms with Crippen LogP contribution in [0.4, 0.5) is 0 Å². The maximum Gasteiger partial charge on any atom is 0.241 e. The molecule has 0 fully saturated rings. The third-order valence-corrected chi connectivity index (χ3v) is 4.37. The highest BCUT2D eigenvalue weighted by Crippen LogP contribution is 2.16. The summed E-state index contributed by atoms with van der Waals surface area (Å²) in [6.07, 6.45) is 0. The van der Waals surface area contributed by atoms with Gasteiger partial charge in [0.2, 0.25) is 15.9 Å². The number of aryl methyl sites for hydroxylation is 1. The molecule has 4 N–H and O–H groups in total. The molecular weight excluding hydrogens is 294 g/mol. The second-order valence-electron chi connectivity index (χ2n) is 4.47. The minimum absolute atomic E-state index is 0.134. The zero-order valence-corrected chi connectivity index (χ0v) is 13.0. The van der Waals surface area contributed by atoms with Gasteiger partial charge in [0.1, 0.15) is 0 Å². The minimum atomic E-state index is -3.75. The fraction of sp³-hybridized carbons (Fsp3) is 0.462. The number of nitrogens with two attached hydrogens (primary N) is 1. The third-order valence-electron chi connectivity index (χ3n) is 2.83. The quantitative estimate of drug-likeness (QED) is 0.560. The highest BCUT2D eigenvalue weighted by atomic mass is 32.2. The molecule has 0 heterocycles. The van der Waals surface area contributed by atoms with Crippen molar-refractivity contribution >= 4 is 15.9 Å². The molecule has 1 aromatic carbocycles. The monoisotopic (exact) mass is 315 g/mol. The molecule has 0 saturated carbocycles. The Labute approximate surface area is 124 Å². The van der Waals surface area contributed by atoms with Crippen LogP contribution in [0, 0.1) is 6.92 Å². The number of ether oxygens (including phenoxy) is 1. The van der Waals surface area contributed by atoms with Gasteiger partial charge in [-0.1, -0.05) is 12.1 Å². The van der Waals surface area contributed by atoms with Gasteiger partial charge >= 0.3 is 0 Å². The molecule has 0 aliphatic heterocycles. The van der Waals surface area contributed by atoms with E-state index in [4.69, 9.17) is 10.5 Å². The zero-order valence-electron chi connectivity index (χ0n) is 12.2. The molecule has 0 spiro atoms. The molecule has 0 aliphatic rings. The summed E-state index contributed by atoms with van der Waals surface area (Å²) in [5.74, 6) is -0.414. The molecule has 0 radical (unpaired) electrons. The molecule has 0 atom stereocenters. The molecule has 118 valence electrons. The zero-order chi connectivity index (χ0) is 15.9. The molecule has 0 aliphatic carbocycles. The van der Waals surface area contributed by atoms with Crippen molar-refractivity contribution in [2.75, 3.05) is 26.8 Å². The van der Waals surface area contributed by atoms with Crippen molar-refractivity contribution in [1.29, 1.82) is 0 Å². The number of hydrogen-bond acceptors (Lipinski definition) is 5. The van der Waals surface area contributed by atoms with Gasteiger partial charge in [-0.15, -0.1) is 0 Å². The van der Waals surface area contributed by atoms with E-state index in [0.29, 0.717) is 24.3 Å². The van der Waals surface area contributed by atoms with Gasteiger partial charge in [-0.05, 0) is 24.1 Å². The smallest absolute Gasteiger partial charge is 0.241 e. The number of carbonyl (C=O) groups is 1. The van der Waals surface area contributed by atoms with E-state index in [1.54, 1.807) is 19.1 Å². The first-order chi connectivity index (χ1) is 9.90. The topological polar surface area (TPSA) is 111 Å². The summed E-state index contributed by atoms with van der Waals surface area (Å²) < 4.78 is 31.5. The summed E-state index contributed by atoms with van der Waals surface area (Å²) in [5.41, 5.74) is 6.82. The first-order valence-corrected chi connectivity index (χ1v) is 7.94. The minimum Gasteiger partial charge on any atom is -0.383 e. The van der Waals surface area contributed by atoms with E-state index in [9.17, 15) is 13.2 Å². The maximum atomic E-state index is 12.2. The highest BCUT2D eigenvalue weighted by Gasteiger charge is 2.18. The third kappa shape index (κ3) is 5.43. The molecule has 0 saturated heterocycles. The molecule has 0 unspecified atom stereocenters. The average molecular weight is 315 g/mol. The van der Waals surface area contributed by atoms with Crippen LogP contribution in [0.15, 0.2) is 23.1 Å². The summed E-state index contributed by atoms with van der Waals surface area (Å²) in [4.78, 5) is 11.6. The molecule has 21 heavy (non-hydrogen) atoms. The van der Waals surface area contributed by atoms with Gasteiger partial charge < -0.3 is 15.8 Å². The Hall–Kier alpha value is -1.48. The fourth-order valence-electron chi connectivity index (χ4n) is 1.65. The van der Waals surface area contributed by atoms with Gasteiger partial charge in [-0.3, -0.25) is 4.79 Å². The van der Waals surface area contributed by atoms with Crippen molar-refractivity contribution in [2.24, 2.45) is 5.73 Å². The van der Waals surface area contributed by atoms with Crippen molar-refractivity contribution in [3.63, 3.8) is 0 Å². The van der Waals surface area contributed by atoms with Gasteiger partial charge in [0, 0.05) is 20.2 Å². The molecule has 0 aromatic heterocycles.